The number of benzene rings is 1. The Bertz CT molecular complexity index is 747. The minimum absolute atomic E-state index is 0.197. The second-order valence-corrected chi connectivity index (χ2v) is 6.40. The van der Waals surface area contributed by atoms with Crippen LogP contribution < -0.4 is 11.3 Å². The molecule has 20 heavy (non-hydrogen) atoms. The van der Waals surface area contributed by atoms with E-state index in [0.29, 0.717) is 0 Å². The van der Waals surface area contributed by atoms with E-state index in [1.54, 1.807) is 16.9 Å². The Morgan fingerprint density at radius 2 is 2.25 bits per heavy atom. The summed E-state index contributed by atoms with van der Waals surface area (Å²) in [7, 11) is 1.86. The predicted octanol–water partition coefficient (Wildman–Crippen LogP) is 3.09. The molecule has 0 fully saturated rings. The maximum absolute atomic E-state index is 13.3. The topological polar surface area (TPSA) is 55.9 Å². The first kappa shape index (κ1) is 13.7. The lowest BCUT2D eigenvalue weighted by Crippen LogP contribution is -2.30. The lowest BCUT2D eigenvalue weighted by Gasteiger charge is -2.15. The fraction of sp³-hybridized carbons (Fsp3) is 0.154. The van der Waals surface area contributed by atoms with Gasteiger partial charge in [-0.2, -0.15) is 5.10 Å². The van der Waals surface area contributed by atoms with Crippen LogP contribution in [0.2, 0.25) is 0 Å². The number of halogens is 2. The summed E-state index contributed by atoms with van der Waals surface area (Å²) < 4.78 is 16.8. The molecule has 0 saturated carbocycles. The van der Waals surface area contributed by atoms with E-state index in [4.69, 9.17) is 5.84 Å². The summed E-state index contributed by atoms with van der Waals surface area (Å²) in [6.07, 6.45) is 1.73. The van der Waals surface area contributed by atoms with Gasteiger partial charge in [-0.05, 0) is 39.5 Å². The number of nitrogens with zero attached hydrogens (tertiary/aromatic N) is 2. The molecule has 0 aliphatic rings. The van der Waals surface area contributed by atoms with Crippen LogP contribution >= 0.6 is 27.3 Å². The third-order valence-corrected chi connectivity index (χ3v) is 4.94. The Kier molecular flexibility index (Phi) is 3.59. The van der Waals surface area contributed by atoms with Crippen LogP contribution in [0.4, 0.5) is 4.39 Å². The van der Waals surface area contributed by atoms with Crippen LogP contribution in [0.1, 0.15) is 16.6 Å². The molecule has 0 amide bonds. The fourth-order valence-electron chi connectivity index (χ4n) is 2.21. The Labute approximate surface area is 127 Å². The van der Waals surface area contributed by atoms with Crippen molar-refractivity contribution in [3.05, 3.63) is 51.3 Å². The summed E-state index contributed by atoms with van der Waals surface area (Å²) in [6.45, 7) is 0. The van der Waals surface area contributed by atoms with Crippen molar-refractivity contribution in [2.45, 2.75) is 6.04 Å². The molecule has 3 N–H and O–H groups in total. The quantitative estimate of drug-likeness (QED) is 0.561. The third kappa shape index (κ3) is 2.26. The van der Waals surface area contributed by atoms with E-state index in [-0.39, 0.29) is 11.9 Å². The number of aromatic nitrogens is 2. The van der Waals surface area contributed by atoms with Crippen LogP contribution in [0.15, 0.2) is 34.9 Å². The van der Waals surface area contributed by atoms with Gasteiger partial charge < -0.3 is 0 Å². The molecule has 1 unspecified atom stereocenters. The van der Waals surface area contributed by atoms with Gasteiger partial charge >= 0.3 is 0 Å². The lowest BCUT2D eigenvalue weighted by molar-refractivity contribution is 0.580. The summed E-state index contributed by atoms with van der Waals surface area (Å²) in [6, 6.07) is 6.59. The fourth-order valence-corrected chi connectivity index (χ4v) is 3.94. The zero-order chi connectivity index (χ0) is 14.3. The molecule has 7 heteroatoms. The van der Waals surface area contributed by atoms with E-state index in [9.17, 15) is 4.39 Å². The molecule has 4 nitrogen and oxygen atoms in total. The van der Waals surface area contributed by atoms with E-state index < -0.39 is 0 Å². The molecule has 0 saturated heterocycles. The number of aryl methyl sites for hydroxylation is 1. The Morgan fingerprint density at radius 1 is 1.45 bits per heavy atom. The number of hydrazine groups is 1. The van der Waals surface area contributed by atoms with E-state index in [1.165, 1.54) is 23.5 Å². The maximum Gasteiger partial charge on any atom is 0.124 e. The molecule has 0 bridgehead atoms. The molecule has 1 atom stereocenters. The van der Waals surface area contributed by atoms with Crippen molar-refractivity contribution < 1.29 is 4.39 Å². The SMILES string of the molecule is Cn1ncc(Br)c1C(NN)c1cc2ccc(F)cc2s1. The van der Waals surface area contributed by atoms with Gasteiger partial charge in [0.15, 0.2) is 0 Å². The Balaban J connectivity index is 2.12. The largest absolute Gasteiger partial charge is 0.270 e. The van der Waals surface area contributed by atoms with Crippen molar-refractivity contribution >= 4 is 37.4 Å². The van der Waals surface area contributed by atoms with Gasteiger partial charge in [0, 0.05) is 16.6 Å². The maximum atomic E-state index is 13.3. The molecule has 0 spiro atoms. The van der Waals surface area contributed by atoms with Gasteiger partial charge in [0.2, 0.25) is 0 Å². The molecular weight excluding hydrogens is 343 g/mol. The standard InChI is InChI=1S/C13H12BrFN4S/c1-19-13(9(14)6-17-19)12(18-16)11-4-7-2-3-8(15)5-10(7)20-11/h2-6,12,18H,16H2,1H3. The summed E-state index contributed by atoms with van der Waals surface area (Å²) in [5.74, 6) is 5.47. The summed E-state index contributed by atoms with van der Waals surface area (Å²) in [5.41, 5.74) is 3.73. The molecule has 3 aromatic rings. The summed E-state index contributed by atoms with van der Waals surface area (Å²) >= 11 is 4.99. The smallest absolute Gasteiger partial charge is 0.124 e. The highest BCUT2D eigenvalue weighted by atomic mass is 79.9. The molecular formula is C13H12BrFN4S. The average molecular weight is 355 g/mol. The normalized spacial score (nSPS) is 13.0. The van der Waals surface area contributed by atoms with Crippen molar-refractivity contribution in [2.75, 3.05) is 0 Å². The number of rotatable bonds is 3. The highest BCUT2D eigenvalue weighted by Crippen LogP contribution is 2.35. The van der Waals surface area contributed by atoms with Crippen molar-refractivity contribution in [1.82, 2.24) is 15.2 Å². The van der Waals surface area contributed by atoms with Crippen molar-refractivity contribution in [3.8, 4) is 0 Å². The van der Waals surface area contributed by atoms with E-state index in [0.717, 1.165) is 25.1 Å². The minimum Gasteiger partial charge on any atom is -0.270 e. The van der Waals surface area contributed by atoms with Gasteiger partial charge in [-0.3, -0.25) is 10.5 Å². The zero-order valence-corrected chi connectivity index (χ0v) is 13.0. The van der Waals surface area contributed by atoms with Crippen LogP contribution in [-0.2, 0) is 7.05 Å². The van der Waals surface area contributed by atoms with Gasteiger partial charge in [0.25, 0.3) is 0 Å². The molecule has 0 radical (unpaired) electrons. The van der Waals surface area contributed by atoms with Gasteiger partial charge in [-0.15, -0.1) is 11.3 Å². The number of nitrogens with two attached hydrogens (primary N) is 1. The minimum atomic E-state index is -0.232. The van der Waals surface area contributed by atoms with Gasteiger partial charge in [-0.25, -0.2) is 9.82 Å². The second kappa shape index (κ2) is 5.25. The van der Waals surface area contributed by atoms with E-state index in [1.807, 2.05) is 13.1 Å². The van der Waals surface area contributed by atoms with Crippen LogP contribution in [0, 0.1) is 5.82 Å². The Hall–Kier alpha value is -1.28. The zero-order valence-electron chi connectivity index (χ0n) is 10.6. The number of thiophene rings is 1. The monoisotopic (exact) mass is 354 g/mol. The molecule has 104 valence electrons. The van der Waals surface area contributed by atoms with Gasteiger partial charge in [0.1, 0.15) is 5.82 Å². The Morgan fingerprint density at radius 3 is 2.90 bits per heavy atom. The second-order valence-electron chi connectivity index (χ2n) is 4.43. The molecule has 2 aromatic heterocycles. The summed E-state index contributed by atoms with van der Waals surface area (Å²) in [5, 5.41) is 5.20. The highest BCUT2D eigenvalue weighted by Gasteiger charge is 2.21. The molecule has 2 heterocycles. The number of hydrogen-bond donors (Lipinski definition) is 2. The van der Waals surface area contributed by atoms with E-state index >= 15 is 0 Å². The average Bonchev–Trinajstić information content (AvgIpc) is 2.97. The van der Waals surface area contributed by atoms with Crippen LogP contribution in [0.5, 0.6) is 0 Å². The molecule has 0 aliphatic carbocycles. The first-order chi connectivity index (χ1) is 9.60. The number of hydrogen-bond acceptors (Lipinski definition) is 4. The van der Waals surface area contributed by atoms with Gasteiger partial charge in [0.05, 0.1) is 22.4 Å². The molecule has 0 aliphatic heterocycles. The first-order valence-corrected chi connectivity index (χ1v) is 7.53. The first-order valence-electron chi connectivity index (χ1n) is 5.92. The number of fused-ring (bicyclic) bond motifs is 1. The molecule has 3 rings (SSSR count). The summed E-state index contributed by atoms with van der Waals surface area (Å²) in [4.78, 5) is 1.01. The highest BCUT2D eigenvalue weighted by molar-refractivity contribution is 9.10. The van der Waals surface area contributed by atoms with Crippen LogP contribution in [0.25, 0.3) is 10.1 Å². The van der Waals surface area contributed by atoms with Crippen LogP contribution in [0.3, 0.4) is 0 Å². The predicted molar refractivity (Wildman–Crippen MR) is 81.9 cm³/mol. The lowest BCUT2D eigenvalue weighted by atomic mass is 10.1. The van der Waals surface area contributed by atoms with E-state index in [2.05, 4.69) is 26.5 Å². The third-order valence-electron chi connectivity index (χ3n) is 3.16. The van der Waals surface area contributed by atoms with Crippen LogP contribution in [-0.4, -0.2) is 9.78 Å². The van der Waals surface area contributed by atoms with Gasteiger partial charge in [-0.1, -0.05) is 6.07 Å². The van der Waals surface area contributed by atoms with Crippen molar-refractivity contribution in [2.24, 2.45) is 12.9 Å². The molecule has 1 aromatic carbocycles. The number of nitrogens with one attached hydrogen (secondary N) is 1. The van der Waals surface area contributed by atoms with Crippen molar-refractivity contribution in [1.29, 1.82) is 0 Å². The van der Waals surface area contributed by atoms with Crippen molar-refractivity contribution in [3.63, 3.8) is 0 Å².